The molecule has 0 saturated heterocycles. The second-order valence-corrected chi connectivity index (χ2v) is 8.28. The highest BCUT2D eigenvalue weighted by Crippen LogP contribution is 2.25. The highest BCUT2D eigenvalue weighted by Gasteiger charge is 2.13. The molecule has 0 heterocycles. The summed E-state index contributed by atoms with van der Waals surface area (Å²) in [6.07, 6.45) is 9.54. The van der Waals surface area contributed by atoms with Crippen molar-refractivity contribution in [1.82, 2.24) is 10.2 Å². The van der Waals surface area contributed by atoms with E-state index in [1.54, 1.807) is 0 Å². The molecule has 1 unspecified atom stereocenters. The van der Waals surface area contributed by atoms with E-state index in [2.05, 4.69) is 54.9 Å². The third-order valence-electron chi connectivity index (χ3n) is 4.64. The van der Waals surface area contributed by atoms with Gasteiger partial charge in [-0.25, -0.2) is 4.57 Å². The number of carbonyl (C=O) groups excluding carboxylic acids is 1. The molecular weight excluding hydrogens is 403 g/mol. The summed E-state index contributed by atoms with van der Waals surface area (Å²) in [5.74, 6) is 0.197. The number of carbonyl (C=O) groups is 1. The minimum atomic E-state index is -4.64. The van der Waals surface area contributed by atoms with Crippen LogP contribution >= 0.6 is 7.82 Å². The van der Waals surface area contributed by atoms with E-state index >= 15 is 0 Å². The number of hydrogen-bond donors (Lipinski definition) is 4. The zero-order valence-corrected chi connectivity index (χ0v) is 19.3. The predicted molar refractivity (Wildman–Crippen MR) is 122 cm³/mol. The lowest BCUT2D eigenvalue weighted by atomic mass is 10.1. The van der Waals surface area contributed by atoms with Crippen LogP contribution < -0.4 is 5.32 Å². The summed E-state index contributed by atoms with van der Waals surface area (Å²) in [4.78, 5) is 35.8. The molecule has 1 aromatic carbocycles. The van der Waals surface area contributed by atoms with Gasteiger partial charge in [0.25, 0.3) is 0 Å². The Morgan fingerprint density at radius 3 is 2.30 bits per heavy atom. The molecular formula is C22H39N2O5P. The van der Waals surface area contributed by atoms with E-state index in [1.807, 2.05) is 12.1 Å². The van der Waals surface area contributed by atoms with Crippen LogP contribution in [0, 0.1) is 0 Å². The molecule has 0 radical (unpaired) electrons. The predicted octanol–water partition coefficient (Wildman–Crippen LogP) is 4.17. The number of nitrogens with zero attached hydrogens (tertiary/aromatic N) is 1. The van der Waals surface area contributed by atoms with Gasteiger partial charge in [0, 0.05) is 32.1 Å². The third-order valence-corrected chi connectivity index (χ3v) is 4.64. The average Bonchev–Trinajstić information content (AvgIpc) is 2.69. The van der Waals surface area contributed by atoms with Crippen molar-refractivity contribution in [2.75, 3.05) is 19.6 Å². The van der Waals surface area contributed by atoms with Gasteiger partial charge in [-0.05, 0) is 25.3 Å². The summed E-state index contributed by atoms with van der Waals surface area (Å²) in [6, 6.07) is 10.9. The summed E-state index contributed by atoms with van der Waals surface area (Å²) in [6.45, 7) is 10.9. The summed E-state index contributed by atoms with van der Waals surface area (Å²) < 4.78 is 8.88. The first-order chi connectivity index (χ1) is 14.2. The third kappa shape index (κ3) is 17.4. The lowest BCUT2D eigenvalue weighted by Crippen LogP contribution is -2.32. The van der Waals surface area contributed by atoms with Gasteiger partial charge in [0.2, 0.25) is 5.91 Å². The van der Waals surface area contributed by atoms with E-state index in [0.29, 0.717) is 12.5 Å². The van der Waals surface area contributed by atoms with Crippen LogP contribution in [0.25, 0.3) is 0 Å². The van der Waals surface area contributed by atoms with Crippen molar-refractivity contribution in [3.63, 3.8) is 0 Å². The van der Waals surface area contributed by atoms with Crippen LogP contribution in [0.4, 0.5) is 0 Å². The van der Waals surface area contributed by atoms with Crippen LogP contribution in [0.3, 0.4) is 0 Å². The average molecular weight is 443 g/mol. The molecule has 0 aliphatic rings. The van der Waals surface area contributed by atoms with Gasteiger partial charge in [-0.2, -0.15) is 0 Å². The fraction of sp³-hybridized carbons (Fsp3) is 0.591. The number of hydrogen-bond acceptors (Lipinski definition) is 3. The topological polar surface area (TPSA) is 110 Å². The molecule has 0 spiro atoms. The molecule has 1 amide bonds. The number of rotatable bonds is 14. The molecule has 0 saturated carbocycles. The Hall–Kier alpha value is -1.50. The van der Waals surface area contributed by atoms with Crippen LogP contribution in [0.2, 0.25) is 0 Å². The van der Waals surface area contributed by atoms with Gasteiger partial charge in [-0.3, -0.25) is 9.69 Å². The van der Waals surface area contributed by atoms with E-state index in [1.165, 1.54) is 31.2 Å². The maximum Gasteiger partial charge on any atom is 0.466 e. The van der Waals surface area contributed by atoms with Crippen molar-refractivity contribution in [3.05, 3.63) is 48.6 Å². The quantitative estimate of drug-likeness (QED) is 0.196. The molecule has 0 bridgehead atoms. The maximum absolute atomic E-state index is 11.9. The molecule has 0 aromatic heterocycles. The Bertz CT molecular complexity index is 613. The van der Waals surface area contributed by atoms with Gasteiger partial charge >= 0.3 is 7.82 Å². The van der Waals surface area contributed by atoms with Crippen molar-refractivity contribution in [1.29, 1.82) is 0 Å². The summed E-state index contributed by atoms with van der Waals surface area (Å²) in [5, 5.41) is 3.06. The zero-order chi connectivity index (χ0) is 22.8. The first kappa shape index (κ1) is 28.5. The molecule has 7 nitrogen and oxygen atoms in total. The van der Waals surface area contributed by atoms with E-state index in [-0.39, 0.29) is 5.91 Å². The molecule has 4 N–H and O–H groups in total. The van der Waals surface area contributed by atoms with E-state index in [9.17, 15) is 4.79 Å². The SMILES string of the molecule is C=CCN(CCCNC(=O)CCCCCCC)C(C)c1ccccc1.O=P(O)(O)O. The molecule has 0 aliphatic heterocycles. The second-order valence-electron chi connectivity index (χ2n) is 7.25. The van der Waals surface area contributed by atoms with Crippen molar-refractivity contribution >= 4 is 13.7 Å². The van der Waals surface area contributed by atoms with E-state index < -0.39 is 7.82 Å². The first-order valence-corrected chi connectivity index (χ1v) is 12.2. The number of benzene rings is 1. The fourth-order valence-corrected chi connectivity index (χ4v) is 3.04. The van der Waals surface area contributed by atoms with Gasteiger partial charge in [-0.15, -0.1) is 6.58 Å². The van der Waals surface area contributed by atoms with Crippen molar-refractivity contribution in [2.24, 2.45) is 0 Å². The monoisotopic (exact) mass is 442 g/mol. The molecule has 1 aromatic rings. The Kier molecular flexibility index (Phi) is 16.3. The van der Waals surface area contributed by atoms with Crippen LogP contribution in [-0.4, -0.2) is 45.1 Å². The summed E-state index contributed by atoms with van der Waals surface area (Å²) in [7, 11) is -4.64. The van der Waals surface area contributed by atoms with Crippen LogP contribution in [0.15, 0.2) is 43.0 Å². The Morgan fingerprint density at radius 1 is 1.13 bits per heavy atom. The van der Waals surface area contributed by atoms with Gasteiger partial charge in [0.1, 0.15) is 0 Å². The van der Waals surface area contributed by atoms with E-state index in [4.69, 9.17) is 19.2 Å². The number of unbranched alkanes of at least 4 members (excludes halogenated alkanes) is 4. The number of amides is 1. The van der Waals surface area contributed by atoms with Crippen molar-refractivity contribution in [2.45, 2.75) is 64.8 Å². The Balaban J connectivity index is 0.00000150. The zero-order valence-electron chi connectivity index (χ0n) is 18.4. The maximum atomic E-state index is 11.9. The minimum Gasteiger partial charge on any atom is -0.356 e. The molecule has 172 valence electrons. The lowest BCUT2D eigenvalue weighted by molar-refractivity contribution is -0.121. The molecule has 8 heteroatoms. The van der Waals surface area contributed by atoms with Crippen LogP contribution in [-0.2, 0) is 9.36 Å². The first-order valence-electron chi connectivity index (χ1n) is 10.6. The molecule has 1 atom stereocenters. The Morgan fingerprint density at radius 2 is 1.73 bits per heavy atom. The largest absolute Gasteiger partial charge is 0.466 e. The smallest absolute Gasteiger partial charge is 0.356 e. The minimum absolute atomic E-state index is 0.197. The summed E-state index contributed by atoms with van der Waals surface area (Å²) in [5.41, 5.74) is 1.32. The lowest BCUT2D eigenvalue weighted by Gasteiger charge is -2.28. The van der Waals surface area contributed by atoms with Gasteiger partial charge in [0.05, 0.1) is 0 Å². The number of phosphoric acid groups is 1. The normalized spacial score (nSPS) is 12.1. The molecule has 0 fully saturated rings. The molecule has 1 rings (SSSR count). The van der Waals surface area contributed by atoms with E-state index in [0.717, 1.165) is 32.5 Å². The van der Waals surface area contributed by atoms with Gasteiger partial charge < -0.3 is 20.0 Å². The van der Waals surface area contributed by atoms with Gasteiger partial charge in [0.15, 0.2) is 0 Å². The Labute approximate surface area is 181 Å². The highest BCUT2D eigenvalue weighted by molar-refractivity contribution is 7.45. The second kappa shape index (κ2) is 17.2. The van der Waals surface area contributed by atoms with Crippen LogP contribution in [0.1, 0.15) is 70.4 Å². The highest BCUT2D eigenvalue weighted by atomic mass is 31.2. The standard InChI is InChI=1S/C22H36N2O.H3O4P/c1-4-6-7-8-12-16-22(25)23-17-13-19-24(18-5-2)20(3)21-14-10-9-11-15-21;1-5(2,3)4/h5,9-11,14-15,20H,2,4,6-8,12-13,16-19H2,1,3H3,(H,23,25);(H3,1,2,3,4). The fourth-order valence-electron chi connectivity index (χ4n) is 3.04. The molecule has 30 heavy (non-hydrogen) atoms. The van der Waals surface area contributed by atoms with Crippen molar-refractivity contribution < 1.29 is 24.0 Å². The van der Waals surface area contributed by atoms with Crippen LogP contribution in [0.5, 0.6) is 0 Å². The van der Waals surface area contributed by atoms with Crippen molar-refractivity contribution in [3.8, 4) is 0 Å². The molecule has 0 aliphatic carbocycles. The number of nitrogens with one attached hydrogen (secondary N) is 1. The summed E-state index contributed by atoms with van der Waals surface area (Å²) >= 11 is 0. The van der Waals surface area contributed by atoms with Gasteiger partial charge in [-0.1, -0.05) is 69.0 Å².